The molecular formula is C10H20O. The van der Waals surface area contributed by atoms with E-state index in [-0.39, 0.29) is 0 Å². The predicted molar refractivity (Wildman–Crippen MR) is 49.5 cm³/mol. The summed E-state index contributed by atoms with van der Waals surface area (Å²) in [5.74, 6) is 1.30. The highest BCUT2D eigenvalue weighted by molar-refractivity contribution is 4.83. The normalized spacial score (nSPS) is 17.1. The summed E-state index contributed by atoms with van der Waals surface area (Å²) in [4.78, 5) is 0. The van der Waals surface area contributed by atoms with E-state index in [0.29, 0.717) is 18.4 Å². The highest BCUT2D eigenvalue weighted by Crippen LogP contribution is 2.15. The van der Waals surface area contributed by atoms with E-state index >= 15 is 0 Å². The Hall–Kier alpha value is -0.300. The third-order valence-corrected chi connectivity index (χ3v) is 1.92. The molecule has 0 aromatic heterocycles. The first-order valence-corrected chi connectivity index (χ1v) is 4.44. The lowest BCUT2D eigenvalue weighted by atomic mass is 9.95. The second kappa shape index (κ2) is 6.41. The highest BCUT2D eigenvalue weighted by Gasteiger charge is 2.04. The third kappa shape index (κ3) is 6.11. The number of hydrogen-bond donors (Lipinski definition) is 1. The number of hydrogen-bond acceptors (Lipinski definition) is 1. The Balaban J connectivity index is 3.48. The van der Waals surface area contributed by atoms with Crippen molar-refractivity contribution in [1.82, 2.24) is 0 Å². The van der Waals surface area contributed by atoms with Gasteiger partial charge in [0.1, 0.15) is 0 Å². The Labute approximate surface area is 70.1 Å². The van der Waals surface area contributed by atoms with Crippen LogP contribution < -0.4 is 0 Å². The zero-order valence-corrected chi connectivity index (χ0v) is 7.88. The van der Waals surface area contributed by atoms with Gasteiger partial charge in [0.2, 0.25) is 0 Å². The van der Waals surface area contributed by atoms with Crippen LogP contribution in [0.15, 0.2) is 12.2 Å². The monoisotopic (exact) mass is 156 g/mol. The van der Waals surface area contributed by atoms with Gasteiger partial charge in [-0.3, -0.25) is 0 Å². The molecule has 0 aliphatic heterocycles. The average Bonchev–Trinajstić information content (AvgIpc) is 1.87. The van der Waals surface area contributed by atoms with Crippen LogP contribution in [0.1, 0.15) is 33.6 Å². The topological polar surface area (TPSA) is 20.2 Å². The Morgan fingerprint density at radius 2 is 2.00 bits per heavy atom. The van der Waals surface area contributed by atoms with Crippen LogP contribution in [-0.2, 0) is 0 Å². The summed E-state index contributed by atoms with van der Waals surface area (Å²) < 4.78 is 0. The zero-order valence-electron chi connectivity index (χ0n) is 7.88. The molecule has 1 N–H and O–H groups in total. The molecule has 0 radical (unpaired) electrons. The molecule has 0 fully saturated rings. The minimum absolute atomic E-state index is 0.323. The molecule has 0 aliphatic rings. The largest absolute Gasteiger partial charge is 0.396 e. The van der Waals surface area contributed by atoms with E-state index in [2.05, 4.69) is 26.0 Å². The SMILES string of the molecule is C/C=C/C(C)CC(C)CCO. The van der Waals surface area contributed by atoms with Crippen molar-refractivity contribution in [3.63, 3.8) is 0 Å². The maximum absolute atomic E-state index is 8.66. The highest BCUT2D eigenvalue weighted by atomic mass is 16.2. The Bertz CT molecular complexity index is 107. The van der Waals surface area contributed by atoms with Gasteiger partial charge in [0.15, 0.2) is 0 Å². The molecule has 0 aliphatic carbocycles. The molecule has 11 heavy (non-hydrogen) atoms. The summed E-state index contributed by atoms with van der Waals surface area (Å²) in [5.41, 5.74) is 0. The van der Waals surface area contributed by atoms with Gasteiger partial charge in [-0.2, -0.15) is 0 Å². The van der Waals surface area contributed by atoms with E-state index in [1.54, 1.807) is 0 Å². The smallest absolute Gasteiger partial charge is 0.0433 e. The average molecular weight is 156 g/mol. The summed E-state index contributed by atoms with van der Waals surface area (Å²) in [6.45, 7) is 6.78. The lowest BCUT2D eigenvalue weighted by Crippen LogP contribution is -2.02. The summed E-state index contributed by atoms with van der Waals surface area (Å²) in [7, 11) is 0. The summed E-state index contributed by atoms with van der Waals surface area (Å²) in [6.07, 6.45) is 6.43. The fourth-order valence-corrected chi connectivity index (χ4v) is 1.38. The molecule has 2 atom stereocenters. The fraction of sp³-hybridized carbons (Fsp3) is 0.800. The van der Waals surface area contributed by atoms with Crippen LogP contribution >= 0.6 is 0 Å². The van der Waals surface area contributed by atoms with Gasteiger partial charge in [-0.1, -0.05) is 26.0 Å². The van der Waals surface area contributed by atoms with Crippen LogP contribution in [0.4, 0.5) is 0 Å². The van der Waals surface area contributed by atoms with E-state index in [1.165, 1.54) is 6.42 Å². The van der Waals surface area contributed by atoms with Crippen LogP contribution in [0.25, 0.3) is 0 Å². The zero-order chi connectivity index (χ0) is 8.69. The first kappa shape index (κ1) is 10.7. The van der Waals surface area contributed by atoms with Gasteiger partial charge < -0.3 is 5.11 Å². The van der Waals surface area contributed by atoms with Crippen molar-refractivity contribution < 1.29 is 5.11 Å². The first-order chi connectivity index (χ1) is 5.20. The lowest BCUT2D eigenvalue weighted by molar-refractivity contribution is 0.253. The minimum Gasteiger partial charge on any atom is -0.396 e. The molecule has 2 unspecified atom stereocenters. The van der Waals surface area contributed by atoms with Gasteiger partial charge in [0.05, 0.1) is 0 Å². The number of rotatable bonds is 5. The maximum Gasteiger partial charge on any atom is 0.0433 e. The molecule has 0 rings (SSSR count). The van der Waals surface area contributed by atoms with Crippen LogP contribution in [-0.4, -0.2) is 11.7 Å². The van der Waals surface area contributed by atoms with Crippen molar-refractivity contribution in [3.05, 3.63) is 12.2 Å². The van der Waals surface area contributed by atoms with Crippen LogP contribution in [0, 0.1) is 11.8 Å². The van der Waals surface area contributed by atoms with E-state index in [4.69, 9.17) is 5.11 Å². The second-order valence-corrected chi connectivity index (χ2v) is 3.36. The number of aliphatic hydroxyl groups excluding tert-OH is 1. The van der Waals surface area contributed by atoms with Crippen molar-refractivity contribution in [2.45, 2.75) is 33.6 Å². The second-order valence-electron chi connectivity index (χ2n) is 3.36. The van der Waals surface area contributed by atoms with Gasteiger partial charge in [0.25, 0.3) is 0 Å². The standard InChI is InChI=1S/C10H20O/c1-4-5-9(2)8-10(3)6-7-11/h4-5,9-11H,6-8H2,1-3H3/b5-4+. The van der Waals surface area contributed by atoms with Gasteiger partial charge >= 0.3 is 0 Å². The first-order valence-electron chi connectivity index (χ1n) is 4.44. The Kier molecular flexibility index (Phi) is 6.24. The molecule has 0 aromatic carbocycles. The lowest BCUT2D eigenvalue weighted by Gasteiger charge is -2.12. The Morgan fingerprint density at radius 1 is 1.36 bits per heavy atom. The van der Waals surface area contributed by atoms with Crippen molar-refractivity contribution >= 4 is 0 Å². The van der Waals surface area contributed by atoms with E-state index < -0.39 is 0 Å². The van der Waals surface area contributed by atoms with Gasteiger partial charge in [0, 0.05) is 6.61 Å². The summed E-state index contributed by atoms with van der Waals surface area (Å²) in [5, 5.41) is 8.66. The predicted octanol–water partition coefficient (Wildman–Crippen LogP) is 2.61. The quantitative estimate of drug-likeness (QED) is 0.607. The van der Waals surface area contributed by atoms with E-state index in [1.807, 2.05) is 6.92 Å². The van der Waals surface area contributed by atoms with Crippen LogP contribution in [0.3, 0.4) is 0 Å². The molecule has 0 amide bonds. The van der Waals surface area contributed by atoms with E-state index in [9.17, 15) is 0 Å². The van der Waals surface area contributed by atoms with Gasteiger partial charge in [-0.25, -0.2) is 0 Å². The van der Waals surface area contributed by atoms with Gasteiger partial charge in [-0.15, -0.1) is 0 Å². The van der Waals surface area contributed by atoms with Crippen molar-refractivity contribution in [1.29, 1.82) is 0 Å². The number of allylic oxidation sites excluding steroid dienone is 2. The van der Waals surface area contributed by atoms with Crippen LogP contribution in [0.2, 0.25) is 0 Å². The Morgan fingerprint density at radius 3 is 2.45 bits per heavy atom. The molecule has 1 nitrogen and oxygen atoms in total. The van der Waals surface area contributed by atoms with E-state index in [0.717, 1.165) is 6.42 Å². The summed E-state index contributed by atoms with van der Waals surface area (Å²) >= 11 is 0. The fourth-order valence-electron chi connectivity index (χ4n) is 1.38. The molecule has 0 bridgehead atoms. The maximum atomic E-state index is 8.66. The third-order valence-electron chi connectivity index (χ3n) is 1.92. The van der Waals surface area contributed by atoms with Gasteiger partial charge in [-0.05, 0) is 31.6 Å². The molecule has 0 saturated carbocycles. The molecular weight excluding hydrogens is 136 g/mol. The van der Waals surface area contributed by atoms with Crippen molar-refractivity contribution in [2.24, 2.45) is 11.8 Å². The molecule has 0 saturated heterocycles. The molecule has 0 aromatic rings. The molecule has 1 heteroatoms. The minimum atomic E-state index is 0.323. The van der Waals surface area contributed by atoms with Crippen molar-refractivity contribution in [2.75, 3.05) is 6.61 Å². The number of aliphatic hydroxyl groups is 1. The van der Waals surface area contributed by atoms with Crippen LogP contribution in [0.5, 0.6) is 0 Å². The molecule has 0 heterocycles. The molecule has 66 valence electrons. The molecule has 0 spiro atoms. The summed E-state index contributed by atoms with van der Waals surface area (Å²) in [6, 6.07) is 0. The van der Waals surface area contributed by atoms with Crippen molar-refractivity contribution in [3.8, 4) is 0 Å².